The van der Waals surface area contributed by atoms with Gasteiger partial charge in [0.1, 0.15) is 0 Å². The molecule has 4 aromatic rings. The van der Waals surface area contributed by atoms with E-state index in [4.69, 9.17) is 5.11 Å². The molecule has 0 heterocycles. The van der Waals surface area contributed by atoms with Gasteiger partial charge in [0.05, 0.1) is 11.5 Å². The highest BCUT2D eigenvalue weighted by Crippen LogP contribution is 2.22. The summed E-state index contributed by atoms with van der Waals surface area (Å²) in [5.41, 5.74) is 4.34. The number of para-hydroxylation sites is 1. The minimum absolute atomic E-state index is 0.102. The number of carbonyl (C=O) groups is 4. The number of aryl methyl sites for hydroxylation is 1. The van der Waals surface area contributed by atoms with Gasteiger partial charge in [0.25, 0.3) is 0 Å². The second kappa shape index (κ2) is 13.6. The minimum atomic E-state index is -1.06. The molecule has 9 heteroatoms. The maximum absolute atomic E-state index is 13.2. The lowest BCUT2D eigenvalue weighted by molar-refractivity contribution is -0.126. The van der Waals surface area contributed by atoms with E-state index >= 15 is 0 Å². The van der Waals surface area contributed by atoms with Gasteiger partial charge >= 0.3 is 12.0 Å². The predicted octanol–water partition coefficient (Wildman–Crippen LogP) is 5.77. The number of amides is 4. The van der Waals surface area contributed by atoms with E-state index in [1.165, 1.54) is 24.3 Å². The van der Waals surface area contributed by atoms with Crippen LogP contribution in [0.15, 0.2) is 103 Å². The first-order chi connectivity index (χ1) is 19.8. The van der Waals surface area contributed by atoms with Crippen LogP contribution in [0, 0.1) is 6.92 Å². The third kappa shape index (κ3) is 8.27. The molecule has 41 heavy (non-hydrogen) atoms. The maximum atomic E-state index is 13.2. The molecular weight excluding hydrogens is 520 g/mol. The van der Waals surface area contributed by atoms with Crippen molar-refractivity contribution >= 4 is 40.9 Å². The Labute approximate surface area is 237 Å². The summed E-state index contributed by atoms with van der Waals surface area (Å²) in [6, 6.07) is 29.1. The maximum Gasteiger partial charge on any atom is 0.335 e. The van der Waals surface area contributed by atoms with Gasteiger partial charge in [-0.05, 0) is 66.1 Å². The van der Waals surface area contributed by atoms with Crippen molar-refractivity contribution in [2.24, 2.45) is 0 Å². The van der Waals surface area contributed by atoms with E-state index in [1.54, 1.807) is 48.5 Å². The summed E-state index contributed by atoms with van der Waals surface area (Å²) in [5.74, 6) is -2.48. The molecule has 0 bridgehead atoms. The first-order valence-corrected chi connectivity index (χ1v) is 13.0. The Bertz CT molecular complexity index is 1520. The van der Waals surface area contributed by atoms with Crippen molar-refractivity contribution in [1.82, 2.24) is 5.32 Å². The Morgan fingerprint density at radius 2 is 1.32 bits per heavy atom. The zero-order valence-electron chi connectivity index (χ0n) is 22.4. The van der Waals surface area contributed by atoms with Crippen LogP contribution in [0.4, 0.5) is 21.9 Å². The average Bonchev–Trinajstić information content (AvgIpc) is 2.97. The van der Waals surface area contributed by atoms with Crippen LogP contribution in [0.3, 0.4) is 0 Å². The minimum Gasteiger partial charge on any atom is -0.478 e. The molecule has 0 aliphatic heterocycles. The second-order valence-corrected chi connectivity index (χ2v) is 9.41. The lowest BCUT2D eigenvalue weighted by Crippen LogP contribution is -2.31. The summed E-state index contributed by atoms with van der Waals surface area (Å²) in [4.78, 5) is 49.4. The van der Waals surface area contributed by atoms with Gasteiger partial charge in [0, 0.05) is 30.0 Å². The number of rotatable bonds is 10. The van der Waals surface area contributed by atoms with Gasteiger partial charge in [0.15, 0.2) is 0 Å². The molecule has 208 valence electrons. The number of carboxylic acid groups (broad SMARTS) is 1. The second-order valence-electron chi connectivity index (χ2n) is 9.41. The summed E-state index contributed by atoms with van der Waals surface area (Å²) in [6.45, 7) is 2.14. The largest absolute Gasteiger partial charge is 0.478 e. The van der Waals surface area contributed by atoms with Crippen molar-refractivity contribution in [1.29, 1.82) is 0 Å². The molecule has 4 aromatic carbocycles. The van der Waals surface area contributed by atoms with Gasteiger partial charge in [-0.3, -0.25) is 9.59 Å². The lowest BCUT2D eigenvalue weighted by atomic mass is 9.94. The number of urea groups is 1. The standard InChI is InChI=1S/C32H30N4O5/c1-21-7-5-6-10-28(21)36-32(41)35-26-15-11-22(12-16-26)20-33-30(38)27(23-8-3-2-4-9-23)19-29(37)34-25-17-13-24(14-18-25)31(39)40/h2-18,27H,19-20H2,1H3,(H,33,38)(H,34,37)(H,39,40)(H2,35,36,41). The zero-order chi connectivity index (χ0) is 29.2. The number of aromatic carboxylic acids is 1. The zero-order valence-corrected chi connectivity index (χ0v) is 22.4. The van der Waals surface area contributed by atoms with Crippen LogP contribution in [0.5, 0.6) is 0 Å². The van der Waals surface area contributed by atoms with Crippen LogP contribution in [-0.4, -0.2) is 28.9 Å². The fourth-order valence-corrected chi connectivity index (χ4v) is 4.16. The number of carboxylic acids is 1. The van der Waals surface area contributed by atoms with Crippen LogP contribution in [-0.2, 0) is 16.1 Å². The van der Waals surface area contributed by atoms with E-state index in [0.717, 1.165) is 16.8 Å². The average molecular weight is 551 g/mol. The van der Waals surface area contributed by atoms with Crippen LogP contribution in [0.2, 0.25) is 0 Å². The number of benzene rings is 4. The Hall–Kier alpha value is -5.44. The van der Waals surface area contributed by atoms with E-state index in [-0.39, 0.29) is 36.4 Å². The molecule has 9 nitrogen and oxygen atoms in total. The van der Waals surface area contributed by atoms with Crippen molar-refractivity contribution < 1.29 is 24.3 Å². The Morgan fingerprint density at radius 3 is 1.98 bits per heavy atom. The van der Waals surface area contributed by atoms with Crippen LogP contribution < -0.4 is 21.3 Å². The molecule has 0 aromatic heterocycles. The van der Waals surface area contributed by atoms with E-state index in [9.17, 15) is 19.2 Å². The van der Waals surface area contributed by atoms with Gasteiger partial charge in [-0.2, -0.15) is 0 Å². The predicted molar refractivity (Wildman–Crippen MR) is 158 cm³/mol. The number of anilines is 3. The molecule has 0 aliphatic rings. The molecule has 1 atom stereocenters. The van der Waals surface area contributed by atoms with E-state index in [1.807, 2.05) is 37.3 Å². The van der Waals surface area contributed by atoms with Crippen molar-refractivity contribution in [2.45, 2.75) is 25.8 Å². The molecule has 0 saturated heterocycles. The number of nitrogens with one attached hydrogen (secondary N) is 4. The van der Waals surface area contributed by atoms with Crippen LogP contribution in [0.1, 0.15) is 39.4 Å². The highest BCUT2D eigenvalue weighted by atomic mass is 16.4. The van der Waals surface area contributed by atoms with Gasteiger partial charge in [-0.25, -0.2) is 9.59 Å². The van der Waals surface area contributed by atoms with Crippen LogP contribution in [0.25, 0.3) is 0 Å². The monoisotopic (exact) mass is 550 g/mol. The van der Waals surface area contributed by atoms with Crippen molar-refractivity contribution in [2.75, 3.05) is 16.0 Å². The summed E-state index contributed by atoms with van der Waals surface area (Å²) in [5, 5.41) is 20.3. The number of carbonyl (C=O) groups excluding carboxylic acids is 3. The Balaban J connectivity index is 1.34. The van der Waals surface area contributed by atoms with Gasteiger partial charge in [-0.1, -0.05) is 60.7 Å². The third-order valence-corrected chi connectivity index (χ3v) is 6.40. The first-order valence-electron chi connectivity index (χ1n) is 13.0. The lowest BCUT2D eigenvalue weighted by Gasteiger charge is -2.17. The molecule has 4 amide bonds. The molecule has 0 fully saturated rings. The Morgan fingerprint density at radius 1 is 0.707 bits per heavy atom. The van der Waals surface area contributed by atoms with Crippen molar-refractivity contribution in [3.8, 4) is 0 Å². The Kier molecular flexibility index (Phi) is 9.45. The summed E-state index contributed by atoms with van der Waals surface area (Å²) >= 11 is 0. The van der Waals surface area contributed by atoms with E-state index < -0.39 is 11.9 Å². The quantitative estimate of drug-likeness (QED) is 0.171. The topological polar surface area (TPSA) is 137 Å². The fourth-order valence-electron chi connectivity index (χ4n) is 4.16. The first kappa shape index (κ1) is 28.6. The summed E-state index contributed by atoms with van der Waals surface area (Å²) in [6.07, 6.45) is -0.102. The fraction of sp³-hybridized carbons (Fsp3) is 0.125. The third-order valence-electron chi connectivity index (χ3n) is 6.40. The molecule has 1 unspecified atom stereocenters. The normalized spacial score (nSPS) is 11.1. The SMILES string of the molecule is Cc1ccccc1NC(=O)Nc1ccc(CNC(=O)C(CC(=O)Nc2ccc(C(=O)O)cc2)c2ccccc2)cc1. The molecular formula is C32H30N4O5. The smallest absolute Gasteiger partial charge is 0.335 e. The van der Waals surface area contributed by atoms with Crippen LogP contribution >= 0.6 is 0 Å². The summed E-state index contributed by atoms with van der Waals surface area (Å²) in [7, 11) is 0. The van der Waals surface area contributed by atoms with Gasteiger partial charge in [0.2, 0.25) is 11.8 Å². The number of hydrogen-bond donors (Lipinski definition) is 5. The van der Waals surface area contributed by atoms with E-state index in [0.29, 0.717) is 16.9 Å². The molecule has 5 N–H and O–H groups in total. The highest BCUT2D eigenvalue weighted by molar-refractivity contribution is 6.00. The number of hydrogen-bond acceptors (Lipinski definition) is 4. The molecule has 0 aliphatic carbocycles. The summed E-state index contributed by atoms with van der Waals surface area (Å²) < 4.78 is 0. The van der Waals surface area contributed by atoms with Gasteiger partial charge in [-0.15, -0.1) is 0 Å². The molecule has 0 spiro atoms. The molecule has 0 saturated carbocycles. The van der Waals surface area contributed by atoms with Crippen molar-refractivity contribution in [3.05, 3.63) is 125 Å². The van der Waals surface area contributed by atoms with E-state index in [2.05, 4.69) is 21.3 Å². The van der Waals surface area contributed by atoms with Crippen molar-refractivity contribution in [3.63, 3.8) is 0 Å². The molecule has 0 radical (unpaired) electrons. The molecule has 4 rings (SSSR count). The van der Waals surface area contributed by atoms with Gasteiger partial charge < -0.3 is 26.4 Å². The highest BCUT2D eigenvalue weighted by Gasteiger charge is 2.24.